The molecular weight excluding hydrogens is 1100 g/mol. The van der Waals surface area contributed by atoms with Crippen molar-refractivity contribution in [2.24, 2.45) is 13.0 Å². The summed E-state index contributed by atoms with van der Waals surface area (Å²) in [6.45, 7) is -3.68. The van der Waals surface area contributed by atoms with Crippen LogP contribution in [0.1, 0.15) is 18.7 Å². The average Bonchev–Trinajstić information content (AvgIpc) is 4.12. The van der Waals surface area contributed by atoms with Crippen molar-refractivity contribution in [3.63, 3.8) is 0 Å². The molecule has 16 atom stereocenters. The molecular formula is C33H46N13O25P4+. The van der Waals surface area contributed by atoms with Crippen LogP contribution in [-0.4, -0.2) is 167 Å². The van der Waals surface area contributed by atoms with Gasteiger partial charge >= 0.3 is 42.6 Å². The van der Waals surface area contributed by atoms with E-state index in [1.807, 2.05) is 4.98 Å². The predicted octanol–water partition coefficient (Wildman–Crippen LogP) is -4.87. The topological polar surface area (TPSA) is 536 Å². The molecule has 0 bridgehead atoms. The first-order valence-electron chi connectivity index (χ1n) is 21.3. The second-order valence-electron chi connectivity index (χ2n) is 16.4. The summed E-state index contributed by atoms with van der Waals surface area (Å²) in [6.07, 6.45) is -13.5. The lowest BCUT2D eigenvalue weighted by molar-refractivity contribution is -0.745. The van der Waals surface area contributed by atoms with E-state index in [2.05, 4.69) is 38.9 Å². The maximum absolute atomic E-state index is 13.6. The second-order valence-corrected chi connectivity index (χ2v) is 22.4. The third kappa shape index (κ3) is 12.1. The number of carbonyl (C=O) groups is 1. The molecule has 4 unspecified atom stereocenters. The van der Waals surface area contributed by atoms with Gasteiger partial charge in [-0.2, -0.15) is 8.62 Å². The lowest BCUT2D eigenvalue weighted by atomic mass is 9.98. The SMILES string of the molecule is CO[C@@H]1[C@H](OP(=O)(O)OC[C@H]2O[C@@H](n3ccc(=O)[nH]c3=O)[C@H](O)[C@@H]2O)[C@@H](COP(=O)(O)OP(=O)(O)OP(=O)(O)OC[C@H]2O[C@@H]([n+]3cn(C)c4c(=O)[nH]c(N)nc43)[C@H](O)[C@@H]2CNC=O)O[C@H]1n1cnc2c(N)ncnc21. The third-order valence-corrected chi connectivity index (χ3v) is 16.8. The summed E-state index contributed by atoms with van der Waals surface area (Å²) in [7, 11) is -21.0. The van der Waals surface area contributed by atoms with E-state index in [0.29, 0.717) is 0 Å². The summed E-state index contributed by atoms with van der Waals surface area (Å²) in [5.74, 6) is -1.55. The van der Waals surface area contributed by atoms with Crippen molar-refractivity contribution in [2.75, 3.05) is 44.9 Å². The highest BCUT2D eigenvalue weighted by Crippen LogP contribution is 2.68. The van der Waals surface area contributed by atoms with Crippen molar-refractivity contribution in [3.05, 3.63) is 62.4 Å². The monoisotopic (exact) mass is 1150 g/mol. The molecule has 412 valence electrons. The number of fused-ring (bicyclic) bond motifs is 2. The van der Waals surface area contributed by atoms with Crippen LogP contribution in [0.5, 0.6) is 0 Å². The van der Waals surface area contributed by atoms with Crippen LogP contribution in [0.15, 0.2) is 45.6 Å². The zero-order valence-corrected chi connectivity index (χ0v) is 41.8. The quantitative estimate of drug-likeness (QED) is 0.0176. The highest BCUT2D eigenvalue weighted by atomic mass is 31.3. The Morgan fingerprint density at radius 1 is 0.813 bits per heavy atom. The largest absolute Gasteiger partial charge is 0.490 e. The van der Waals surface area contributed by atoms with E-state index in [9.17, 15) is 72.3 Å². The number of nitrogens with two attached hydrogens (primary N) is 2. The van der Waals surface area contributed by atoms with Crippen molar-refractivity contribution in [1.29, 1.82) is 0 Å². The molecule has 3 saturated heterocycles. The van der Waals surface area contributed by atoms with Crippen LogP contribution in [0.2, 0.25) is 0 Å². The van der Waals surface area contributed by atoms with Gasteiger partial charge in [0.25, 0.3) is 17.1 Å². The van der Waals surface area contributed by atoms with E-state index in [4.69, 9.17) is 48.5 Å². The van der Waals surface area contributed by atoms with Gasteiger partial charge < -0.3 is 70.6 Å². The number of aromatic nitrogens is 10. The van der Waals surface area contributed by atoms with Crippen LogP contribution >= 0.6 is 31.3 Å². The fourth-order valence-electron chi connectivity index (χ4n) is 8.31. The number of amides is 1. The smallest absolute Gasteiger partial charge is 0.387 e. The Morgan fingerprint density at radius 2 is 1.47 bits per heavy atom. The number of aryl methyl sites for hydroxylation is 1. The fourth-order valence-corrected chi connectivity index (χ4v) is 12.8. The number of aromatic amines is 2. The molecule has 1 amide bonds. The molecule has 38 nitrogen and oxygen atoms in total. The van der Waals surface area contributed by atoms with Crippen LogP contribution in [0, 0.1) is 5.92 Å². The second kappa shape index (κ2) is 21.7. The van der Waals surface area contributed by atoms with Crippen molar-refractivity contribution >= 4 is 71.8 Å². The average molecular weight is 1150 g/mol. The van der Waals surface area contributed by atoms with Crippen molar-refractivity contribution in [3.8, 4) is 0 Å². The number of rotatable bonds is 22. The predicted molar refractivity (Wildman–Crippen MR) is 239 cm³/mol. The molecule has 0 saturated carbocycles. The minimum Gasteiger partial charge on any atom is -0.387 e. The van der Waals surface area contributed by atoms with Gasteiger partial charge in [-0.1, -0.05) is 4.98 Å². The first-order valence-corrected chi connectivity index (χ1v) is 27.3. The summed E-state index contributed by atoms with van der Waals surface area (Å²) in [6, 6.07) is 0.920. The number of nitrogens with zero attached hydrogens (tertiary/aromatic N) is 8. The number of aliphatic hydroxyl groups excluding tert-OH is 3. The Morgan fingerprint density at radius 3 is 2.13 bits per heavy atom. The van der Waals surface area contributed by atoms with Gasteiger partial charge in [0.2, 0.25) is 18.2 Å². The summed E-state index contributed by atoms with van der Waals surface area (Å²) < 4.78 is 109. The van der Waals surface area contributed by atoms with Crippen molar-refractivity contribution < 1.29 is 108 Å². The minimum atomic E-state index is -6.22. The van der Waals surface area contributed by atoms with Gasteiger partial charge in [0, 0.05) is 31.8 Å². The summed E-state index contributed by atoms with van der Waals surface area (Å²) in [5.41, 5.74) is 9.12. The number of aliphatic hydroxyl groups is 3. The van der Waals surface area contributed by atoms with Gasteiger partial charge in [0.15, 0.2) is 30.2 Å². The molecule has 0 radical (unpaired) electrons. The number of phosphoric ester groups is 3. The lowest BCUT2D eigenvalue weighted by Gasteiger charge is -2.26. The van der Waals surface area contributed by atoms with Gasteiger partial charge in [-0.15, -0.1) is 0 Å². The van der Waals surface area contributed by atoms with Crippen LogP contribution in [-0.2, 0) is 75.8 Å². The number of nitrogen functional groups attached to an aromatic ring is 2. The van der Waals surface area contributed by atoms with E-state index in [1.165, 1.54) is 27.1 Å². The van der Waals surface area contributed by atoms with E-state index >= 15 is 0 Å². The maximum atomic E-state index is 13.6. The lowest BCUT2D eigenvalue weighted by Crippen LogP contribution is -2.46. The molecule has 42 heteroatoms. The van der Waals surface area contributed by atoms with Crippen LogP contribution < -0.4 is 38.2 Å². The van der Waals surface area contributed by atoms with E-state index in [0.717, 1.165) is 36.6 Å². The molecule has 5 aromatic heterocycles. The molecule has 8 rings (SSSR count). The molecule has 3 fully saturated rings. The first-order chi connectivity index (χ1) is 35.2. The molecule has 0 aromatic carbocycles. The number of nitrogens with one attached hydrogen (secondary N) is 3. The molecule has 3 aliphatic heterocycles. The molecule has 0 spiro atoms. The van der Waals surface area contributed by atoms with Gasteiger partial charge in [-0.05, 0) is 0 Å². The molecule has 5 aromatic rings. The molecule has 14 N–H and O–H groups in total. The number of phosphoric acid groups is 4. The summed E-state index contributed by atoms with van der Waals surface area (Å²) in [4.78, 5) is 111. The zero-order valence-electron chi connectivity index (χ0n) is 38.2. The first kappa shape index (κ1) is 56.1. The number of ether oxygens (including phenoxy) is 4. The Balaban J connectivity index is 0.942. The highest BCUT2D eigenvalue weighted by molar-refractivity contribution is 7.66. The van der Waals surface area contributed by atoms with Crippen LogP contribution in [0.4, 0.5) is 11.8 Å². The molecule has 0 aliphatic carbocycles. The maximum Gasteiger partial charge on any atom is 0.490 e. The molecule has 8 heterocycles. The number of anilines is 2. The third-order valence-electron chi connectivity index (χ3n) is 11.6. The number of carbonyl (C=O) groups excluding carboxylic acids is 1. The Hall–Kier alpha value is -5.11. The highest BCUT2D eigenvalue weighted by Gasteiger charge is 2.54. The summed E-state index contributed by atoms with van der Waals surface area (Å²) in [5, 5.41) is 34.8. The fraction of sp³-hybridized carbons (Fsp3) is 0.545. The number of hydrogen-bond donors (Lipinski definition) is 12. The van der Waals surface area contributed by atoms with Crippen LogP contribution in [0.25, 0.3) is 22.3 Å². The Bertz CT molecular complexity index is 3320. The number of H-pyrrole nitrogens is 2. The van der Waals surface area contributed by atoms with Crippen LogP contribution in [0.3, 0.4) is 0 Å². The van der Waals surface area contributed by atoms with Gasteiger partial charge in [-0.3, -0.25) is 56.1 Å². The van der Waals surface area contributed by atoms with Gasteiger partial charge in [0.05, 0.1) is 39.3 Å². The molecule has 75 heavy (non-hydrogen) atoms. The standard InChI is InChI=1S/C33H45N13O25P4/c1-43-12-46(27-19(43)28(52)42-32(35)41-27)29-20(49)13(5-36-11-47)14(66-29)6-64-73(56,57)70-75(60,61)71-74(58,59)65-8-16-23(24(62-2)31(68-16)45-10-39-18-25(34)37-9-38-26(18)45)69-72(54,55)63-7-15-21(50)22(51)30(67-15)44-4-3-17(48)40-33(44)53/h3-4,9-16,20-24,29-31,49-51H,5-8H2,1-2H3,(H10-,34,35,36,37,38,40,41,42,47,48,52,53,54,55,56,57,58,59,60,61)/p+1/t13-,14-,15-,16-,20-,21-,22-,23-,24-,29-,30-,31-/m1/s1. The normalized spacial score (nSPS) is 30.3. The zero-order chi connectivity index (χ0) is 54.5. The van der Waals surface area contributed by atoms with Crippen molar-refractivity contribution in [2.45, 2.75) is 67.5 Å². The Kier molecular flexibility index (Phi) is 16.3. The minimum absolute atomic E-state index is 0.00128. The number of hydrogen-bond acceptors (Lipinski definition) is 27. The molecule has 3 aliphatic rings. The number of methoxy groups -OCH3 is 1. The van der Waals surface area contributed by atoms with E-state index in [1.54, 1.807) is 0 Å². The van der Waals surface area contributed by atoms with Gasteiger partial charge in [0.1, 0.15) is 54.6 Å². The van der Waals surface area contributed by atoms with E-state index < -0.39 is 141 Å². The number of imidazole rings is 2. The Labute approximate surface area is 416 Å². The summed E-state index contributed by atoms with van der Waals surface area (Å²) >= 11 is 0. The van der Waals surface area contributed by atoms with Crippen molar-refractivity contribution in [1.82, 2.24) is 48.9 Å². The van der Waals surface area contributed by atoms with E-state index in [-0.39, 0.29) is 47.0 Å². The van der Waals surface area contributed by atoms with Gasteiger partial charge in [-0.25, -0.2) is 42.6 Å².